The molecule has 1 aliphatic heterocycles. The molecule has 0 saturated carbocycles. The van der Waals surface area contributed by atoms with Gasteiger partial charge in [-0.05, 0) is 67.6 Å². The Morgan fingerprint density at radius 2 is 2.04 bits per heavy atom. The standard InChI is InChI=1S/C22H27FN2O2/c1-27-21-9-7-17(8-10-21)11-12-24-22(26)16-25-13-3-6-20(25)15-18-4-2-5-19(23)14-18/h2,4-5,7-10,14,20H,3,6,11-13,15-16H2,1H3,(H,24,26). The summed E-state index contributed by atoms with van der Waals surface area (Å²) >= 11 is 0. The number of hydrogen-bond donors (Lipinski definition) is 1. The van der Waals surface area contributed by atoms with Crippen molar-refractivity contribution in [3.63, 3.8) is 0 Å². The lowest BCUT2D eigenvalue weighted by atomic mass is 10.0. The van der Waals surface area contributed by atoms with Crippen LogP contribution in [0.2, 0.25) is 0 Å². The van der Waals surface area contributed by atoms with Crippen LogP contribution in [0.25, 0.3) is 0 Å². The number of ether oxygens (including phenoxy) is 1. The fourth-order valence-corrected chi connectivity index (χ4v) is 3.65. The zero-order chi connectivity index (χ0) is 19.1. The lowest BCUT2D eigenvalue weighted by Crippen LogP contribution is -2.41. The number of amides is 1. The minimum atomic E-state index is -0.201. The smallest absolute Gasteiger partial charge is 0.234 e. The predicted octanol–water partition coefficient (Wildman–Crippen LogP) is 3.20. The highest BCUT2D eigenvalue weighted by atomic mass is 19.1. The number of nitrogens with zero attached hydrogens (tertiary/aromatic N) is 1. The Hall–Kier alpha value is -2.40. The fourth-order valence-electron chi connectivity index (χ4n) is 3.65. The van der Waals surface area contributed by atoms with Crippen molar-refractivity contribution < 1.29 is 13.9 Å². The molecule has 1 fully saturated rings. The number of benzene rings is 2. The molecule has 0 aliphatic carbocycles. The van der Waals surface area contributed by atoms with E-state index in [-0.39, 0.29) is 11.7 Å². The molecule has 1 heterocycles. The zero-order valence-electron chi connectivity index (χ0n) is 15.8. The van der Waals surface area contributed by atoms with Gasteiger partial charge in [-0.1, -0.05) is 24.3 Å². The highest BCUT2D eigenvalue weighted by molar-refractivity contribution is 5.78. The van der Waals surface area contributed by atoms with Gasteiger partial charge in [-0.3, -0.25) is 9.69 Å². The van der Waals surface area contributed by atoms with Gasteiger partial charge >= 0.3 is 0 Å². The maximum Gasteiger partial charge on any atom is 0.234 e. The van der Waals surface area contributed by atoms with Gasteiger partial charge in [0.15, 0.2) is 0 Å². The van der Waals surface area contributed by atoms with Crippen molar-refractivity contribution in [3.8, 4) is 5.75 Å². The predicted molar refractivity (Wildman–Crippen MR) is 104 cm³/mol. The third-order valence-corrected chi connectivity index (χ3v) is 5.10. The molecular formula is C22H27FN2O2. The van der Waals surface area contributed by atoms with Crippen molar-refractivity contribution in [2.45, 2.75) is 31.7 Å². The van der Waals surface area contributed by atoms with Crippen LogP contribution in [0.3, 0.4) is 0 Å². The Bertz CT molecular complexity index is 748. The van der Waals surface area contributed by atoms with E-state index >= 15 is 0 Å². The number of hydrogen-bond acceptors (Lipinski definition) is 3. The Kier molecular flexibility index (Phi) is 6.82. The number of likely N-dealkylation sites (tertiary alicyclic amines) is 1. The number of carbonyl (C=O) groups excluding carboxylic acids is 1. The normalized spacial score (nSPS) is 17.0. The van der Waals surface area contributed by atoms with Crippen molar-refractivity contribution in [2.75, 3.05) is 26.7 Å². The number of nitrogens with one attached hydrogen (secondary N) is 1. The highest BCUT2D eigenvalue weighted by Crippen LogP contribution is 2.21. The van der Waals surface area contributed by atoms with Gasteiger partial charge in [-0.2, -0.15) is 0 Å². The van der Waals surface area contributed by atoms with Gasteiger partial charge < -0.3 is 10.1 Å². The Morgan fingerprint density at radius 3 is 2.78 bits per heavy atom. The number of carbonyl (C=O) groups is 1. The van der Waals surface area contributed by atoms with Gasteiger partial charge in [-0.25, -0.2) is 4.39 Å². The molecule has 2 aromatic carbocycles. The maximum absolute atomic E-state index is 13.4. The number of rotatable bonds is 8. The molecule has 1 atom stereocenters. The fraction of sp³-hybridized carbons (Fsp3) is 0.409. The minimum Gasteiger partial charge on any atom is -0.497 e. The summed E-state index contributed by atoms with van der Waals surface area (Å²) < 4.78 is 18.5. The van der Waals surface area contributed by atoms with Crippen LogP contribution in [0.1, 0.15) is 24.0 Å². The molecule has 1 unspecified atom stereocenters. The van der Waals surface area contributed by atoms with Crippen LogP contribution in [0.4, 0.5) is 4.39 Å². The number of halogens is 1. The van der Waals surface area contributed by atoms with E-state index < -0.39 is 0 Å². The van der Waals surface area contributed by atoms with Crippen LogP contribution in [0.15, 0.2) is 48.5 Å². The van der Waals surface area contributed by atoms with E-state index in [1.165, 1.54) is 11.6 Å². The summed E-state index contributed by atoms with van der Waals surface area (Å²) in [6.45, 7) is 1.95. The van der Waals surface area contributed by atoms with Crippen molar-refractivity contribution in [2.24, 2.45) is 0 Å². The zero-order valence-corrected chi connectivity index (χ0v) is 15.8. The van der Waals surface area contributed by atoms with Gasteiger partial charge in [0.2, 0.25) is 5.91 Å². The largest absolute Gasteiger partial charge is 0.497 e. The van der Waals surface area contributed by atoms with Crippen LogP contribution in [-0.2, 0) is 17.6 Å². The molecule has 1 amide bonds. The summed E-state index contributed by atoms with van der Waals surface area (Å²) in [6, 6.07) is 14.9. The van der Waals surface area contributed by atoms with Crippen molar-refractivity contribution in [1.29, 1.82) is 0 Å². The Balaban J connectivity index is 1.43. The van der Waals surface area contributed by atoms with Crippen molar-refractivity contribution in [1.82, 2.24) is 10.2 Å². The van der Waals surface area contributed by atoms with Crippen LogP contribution < -0.4 is 10.1 Å². The first-order valence-electron chi connectivity index (χ1n) is 9.52. The second-order valence-electron chi connectivity index (χ2n) is 7.05. The molecular weight excluding hydrogens is 343 g/mol. The molecule has 0 aromatic heterocycles. The van der Waals surface area contributed by atoms with E-state index in [0.29, 0.717) is 19.1 Å². The van der Waals surface area contributed by atoms with Crippen molar-refractivity contribution >= 4 is 5.91 Å². The van der Waals surface area contributed by atoms with E-state index in [4.69, 9.17) is 4.74 Å². The Morgan fingerprint density at radius 1 is 1.22 bits per heavy atom. The van der Waals surface area contributed by atoms with Gasteiger partial charge in [-0.15, -0.1) is 0 Å². The molecule has 2 aromatic rings. The third kappa shape index (κ3) is 5.79. The number of methoxy groups -OCH3 is 1. The summed E-state index contributed by atoms with van der Waals surface area (Å²) in [7, 11) is 1.65. The van der Waals surface area contributed by atoms with Crippen LogP contribution >= 0.6 is 0 Å². The highest BCUT2D eigenvalue weighted by Gasteiger charge is 2.26. The van der Waals surface area contributed by atoms with E-state index in [2.05, 4.69) is 10.2 Å². The average Bonchev–Trinajstić information content (AvgIpc) is 3.09. The third-order valence-electron chi connectivity index (χ3n) is 5.10. The summed E-state index contributed by atoms with van der Waals surface area (Å²) in [5, 5.41) is 3.01. The molecule has 0 bridgehead atoms. The van der Waals surface area contributed by atoms with E-state index in [1.807, 2.05) is 30.3 Å². The summed E-state index contributed by atoms with van der Waals surface area (Å²) in [4.78, 5) is 14.5. The SMILES string of the molecule is COc1ccc(CCNC(=O)CN2CCCC2Cc2cccc(F)c2)cc1. The lowest BCUT2D eigenvalue weighted by Gasteiger charge is -2.24. The lowest BCUT2D eigenvalue weighted by molar-refractivity contribution is -0.122. The van der Waals surface area contributed by atoms with Gasteiger partial charge in [0.05, 0.1) is 13.7 Å². The Labute approximate surface area is 160 Å². The monoisotopic (exact) mass is 370 g/mol. The molecule has 4 nitrogen and oxygen atoms in total. The second-order valence-corrected chi connectivity index (χ2v) is 7.05. The molecule has 5 heteroatoms. The molecule has 1 saturated heterocycles. The van der Waals surface area contributed by atoms with Crippen LogP contribution in [0.5, 0.6) is 5.75 Å². The van der Waals surface area contributed by atoms with Crippen LogP contribution in [0, 0.1) is 5.82 Å². The molecule has 1 aliphatic rings. The molecule has 0 radical (unpaired) electrons. The van der Waals surface area contributed by atoms with Gasteiger partial charge in [0.1, 0.15) is 11.6 Å². The first kappa shape index (κ1) is 19.4. The van der Waals surface area contributed by atoms with Crippen molar-refractivity contribution in [3.05, 3.63) is 65.5 Å². The average molecular weight is 370 g/mol. The summed E-state index contributed by atoms with van der Waals surface area (Å²) in [5.41, 5.74) is 2.16. The van der Waals surface area contributed by atoms with Gasteiger partial charge in [0, 0.05) is 12.6 Å². The topological polar surface area (TPSA) is 41.6 Å². The quantitative estimate of drug-likeness (QED) is 0.776. The summed E-state index contributed by atoms with van der Waals surface area (Å²) in [6.07, 6.45) is 3.72. The second kappa shape index (κ2) is 9.51. The molecule has 3 rings (SSSR count). The van der Waals surface area contributed by atoms with E-state index in [1.54, 1.807) is 19.2 Å². The maximum atomic E-state index is 13.4. The minimum absolute atomic E-state index is 0.0506. The summed E-state index contributed by atoms with van der Waals surface area (Å²) in [5.74, 6) is 0.684. The first-order valence-corrected chi connectivity index (χ1v) is 9.52. The van der Waals surface area contributed by atoms with Crippen LogP contribution in [-0.4, -0.2) is 43.6 Å². The van der Waals surface area contributed by atoms with E-state index in [0.717, 1.165) is 43.5 Å². The molecule has 27 heavy (non-hydrogen) atoms. The molecule has 0 spiro atoms. The molecule has 1 N–H and O–H groups in total. The molecule has 144 valence electrons. The van der Waals surface area contributed by atoms with Gasteiger partial charge in [0.25, 0.3) is 0 Å². The van der Waals surface area contributed by atoms with E-state index in [9.17, 15) is 9.18 Å². The first-order chi connectivity index (χ1) is 13.1.